The number of benzene rings is 3. The minimum absolute atomic E-state index is 0.0593. The summed E-state index contributed by atoms with van der Waals surface area (Å²) in [5.41, 5.74) is 4.95. The average Bonchev–Trinajstić information content (AvgIpc) is 3.30. The molecule has 182 valence electrons. The average molecular weight is 480 g/mol. The van der Waals surface area contributed by atoms with Gasteiger partial charge in [0.2, 0.25) is 11.8 Å². The van der Waals surface area contributed by atoms with Crippen molar-refractivity contribution >= 4 is 28.8 Å². The third kappa shape index (κ3) is 4.89. The molecule has 0 saturated carbocycles. The lowest BCUT2D eigenvalue weighted by Gasteiger charge is -2.34. The molecular weight excluding hydrogens is 450 g/mol. The third-order valence-corrected chi connectivity index (χ3v) is 6.69. The number of aromatic amines is 1. The second-order valence-electron chi connectivity index (χ2n) is 8.85. The van der Waals surface area contributed by atoms with Crippen molar-refractivity contribution < 1.29 is 14.3 Å². The molecule has 1 aliphatic rings. The highest BCUT2D eigenvalue weighted by Gasteiger charge is 2.25. The van der Waals surface area contributed by atoms with Crippen LogP contribution in [0.25, 0.3) is 28.2 Å². The molecule has 1 saturated heterocycles. The second-order valence-corrected chi connectivity index (χ2v) is 8.85. The number of methoxy groups -OCH3 is 1. The number of hydrogen-bond acceptors (Lipinski definition) is 3. The molecule has 2 heterocycles. The first-order valence-electron chi connectivity index (χ1n) is 12.2. The van der Waals surface area contributed by atoms with Gasteiger partial charge in [0.05, 0.1) is 19.2 Å². The van der Waals surface area contributed by atoms with Gasteiger partial charge in [-0.05, 0) is 29.3 Å². The van der Waals surface area contributed by atoms with E-state index in [1.807, 2.05) is 65.6 Å². The molecule has 1 fully saturated rings. The van der Waals surface area contributed by atoms with Crippen LogP contribution in [-0.4, -0.2) is 59.9 Å². The minimum Gasteiger partial charge on any atom is -0.496 e. The van der Waals surface area contributed by atoms with E-state index >= 15 is 0 Å². The van der Waals surface area contributed by atoms with Crippen molar-refractivity contribution in [2.75, 3.05) is 33.3 Å². The summed E-state index contributed by atoms with van der Waals surface area (Å²) >= 11 is 0. The quantitative estimate of drug-likeness (QED) is 0.405. The summed E-state index contributed by atoms with van der Waals surface area (Å²) in [6, 6.07) is 25.8. The molecule has 0 unspecified atom stereocenters. The van der Waals surface area contributed by atoms with Crippen molar-refractivity contribution in [2.24, 2.45) is 0 Å². The number of para-hydroxylation sites is 2. The van der Waals surface area contributed by atoms with E-state index in [1.165, 1.54) is 0 Å². The summed E-state index contributed by atoms with van der Waals surface area (Å²) in [6.45, 7) is 2.08. The summed E-state index contributed by atoms with van der Waals surface area (Å²) < 4.78 is 5.35. The Bertz CT molecular complexity index is 1400. The highest BCUT2D eigenvalue weighted by atomic mass is 16.5. The molecule has 6 nitrogen and oxygen atoms in total. The van der Waals surface area contributed by atoms with Crippen molar-refractivity contribution in [1.29, 1.82) is 0 Å². The van der Waals surface area contributed by atoms with E-state index in [4.69, 9.17) is 4.74 Å². The molecule has 1 aliphatic heterocycles. The molecule has 0 bridgehead atoms. The van der Waals surface area contributed by atoms with Crippen LogP contribution >= 0.6 is 0 Å². The molecule has 0 atom stereocenters. The molecule has 1 N–H and O–H groups in total. The lowest BCUT2D eigenvalue weighted by Crippen LogP contribution is -2.50. The first-order chi connectivity index (χ1) is 17.6. The SMILES string of the molecule is COc1ccccc1/C=C/C(=O)N1CCN(C(=O)Cc2c(-c3ccccc3)[nH]c3ccccc23)CC1. The van der Waals surface area contributed by atoms with Gasteiger partial charge in [0.1, 0.15) is 5.75 Å². The number of nitrogens with one attached hydrogen (secondary N) is 1. The van der Waals surface area contributed by atoms with Gasteiger partial charge in [-0.25, -0.2) is 0 Å². The van der Waals surface area contributed by atoms with E-state index < -0.39 is 0 Å². The number of aromatic nitrogens is 1. The summed E-state index contributed by atoms with van der Waals surface area (Å²) in [4.78, 5) is 33.2. The molecule has 1 aromatic heterocycles. The van der Waals surface area contributed by atoms with E-state index in [9.17, 15) is 9.59 Å². The maximum atomic E-state index is 13.3. The van der Waals surface area contributed by atoms with E-state index in [1.54, 1.807) is 24.2 Å². The van der Waals surface area contributed by atoms with Crippen molar-refractivity contribution in [1.82, 2.24) is 14.8 Å². The van der Waals surface area contributed by atoms with Crippen molar-refractivity contribution in [2.45, 2.75) is 6.42 Å². The molecule has 0 aliphatic carbocycles. The van der Waals surface area contributed by atoms with Crippen LogP contribution in [0.2, 0.25) is 0 Å². The zero-order chi connectivity index (χ0) is 24.9. The van der Waals surface area contributed by atoms with Gasteiger partial charge in [-0.2, -0.15) is 0 Å². The van der Waals surface area contributed by atoms with Gasteiger partial charge in [-0.15, -0.1) is 0 Å². The number of ether oxygens (including phenoxy) is 1. The van der Waals surface area contributed by atoms with Gasteiger partial charge in [-0.3, -0.25) is 9.59 Å². The lowest BCUT2D eigenvalue weighted by atomic mass is 10.0. The normalized spacial score (nSPS) is 13.9. The smallest absolute Gasteiger partial charge is 0.246 e. The van der Waals surface area contributed by atoms with Crippen LogP contribution in [0.1, 0.15) is 11.1 Å². The predicted octanol–water partition coefficient (Wildman–Crippen LogP) is 4.77. The maximum absolute atomic E-state index is 13.3. The van der Waals surface area contributed by atoms with Crippen molar-refractivity contribution in [3.8, 4) is 17.0 Å². The number of carbonyl (C=O) groups is 2. The Labute approximate surface area is 210 Å². The molecule has 2 amide bonds. The molecule has 0 spiro atoms. The highest BCUT2D eigenvalue weighted by molar-refractivity contribution is 5.95. The molecule has 0 radical (unpaired) electrons. The summed E-state index contributed by atoms with van der Waals surface area (Å²) in [6.07, 6.45) is 3.67. The number of nitrogens with zero attached hydrogens (tertiary/aromatic N) is 2. The Balaban J connectivity index is 1.25. The molecular formula is C30H29N3O3. The zero-order valence-electron chi connectivity index (χ0n) is 20.3. The van der Waals surface area contributed by atoms with Gasteiger partial charge in [0.25, 0.3) is 0 Å². The number of carbonyl (C=O) groups excluding carboxylic acids is 2. The fraction of sp³-hybridized carbons (Fsp3) is 0.200. The Kier molecular flexibility index (Phi) is 6.85. The Hall–Kier alpha value is -4.32. The molecule has 4 aromatic rings. The Morgan fingerprint density at radius 1 is 0.861 bits per heavy atom. The van der Waals surface area contributed by atoms with Gasteiger partial charge < -0.3 is 19.5 Å². The third-order valence-electron chi connectivity index (χ3n) is 6.69. The fourth-order valence-corrected chi connectivity index (χ4v) is 4.74. The highest BCUT2D eigenvalue weighted by Crippen LogP contribution is 2.31. The van der Waals surface area contributed by atoms with E-state index in [0.29, 0.717) is 32.6 Å². The van der Waals surface area contributed by atoms with Crippen LogP contribution in [0.15, 0.2) is 84.9 Å². The summed E-state index contributed by atoms with van der Waals surface area (Å²) in [7, 11) is 1.61. The molecule has 6 heteroatoms. The van der Waals surface area contributed by atoms with Gasteiger partial charge >= 0.3 is 0 Å². The number of amides is 2. The minimum atomic E-state index is -0.0593. The van der Waals surface area contributed by atoms with Gasteiger partial charge in [-0.1, -0.05) is 66.7 Å². The Morgan fingerprint density at radius 2 is 1.53 bits per heavy atom. The molecule has 36 heavy (non-hydrogen) atoms. The number of piperazine rings is 1. The number of fused-ring (bicyclic) bond motifs is 1. The predicted molar refractivity (Wildman–Crippen MR) is 143 cm³/mol. The van der Waals surface area contributed by atoms with Crippen LogP contribution in [0.4, 0.5) is 0 Å². The van der Waals surface area contributed by atoms with Gasteiger partial charge in [0, 0.05) is 48.7 Å². The number of rotatable bonds is 6. The summed E-state index contributed by atoms with van der Waals surface area (Å²) in [5.74, 6) is 0.744. The number of H-pyrrole nitrogens is 1. The monoisotopic (exact) mass is 479 g/mol. The van der Waals surface area contributed by atoms with Gasteiger partial charge in [0.15, 0.2) is 0 Å². The lowest BCUT2D eigenvalue weighted by molar-refractivity contribution is -0.136. The van der Waals surface area contributed by atoms with E-state index in [2.05, 4.69) is 23.2 Å². The largest absolute Gasteiger partial charge is 0.496 e. The standard InChI is InChI=1S/C30H29N3O3/c1-36-27-14-8-5-9-22(27)15-16-28(34)32-17-19-33(20-18-32)29(35)21-25-24-12-6-7-13-26(24)31-30(25)23-10-3-2-4-11-23/h2-16,31H,17-21H2,1H3/b16-15+. The topological polar surface area (TPSA) is 65.6 Å². The number of hydrogen-bond donors (Lipinski definition) is 1. The fourth-order valence-electron chi connectivity index (χ4n) is 4.74. The molecule has 3 aromatic carbocycles. The Morgan fingerprint density at radius 3 is 2.31 bits per heavy atom. The van der Waals surface area contributed by atoms with Crippen LogP contribution in [-0.2, 0) is 16.0 Å². The van der Waals surface area contributed by atoms with Crippen molar-refractivity contribution in [3.63, 3.8) is 0 Å². The van der Waals surface area contributed by atoms with Crippen LogP contribution < -0.4 is 4.74 Å². The summed E-state index contributed by atoms with van der Waals surface area (Å²) in [5, 5.41) is 1.07. The van der Waals surface area contributed by atoms with Crippen LogP contribution in [0.3, 0.4) is 0 Å². The van der Waals surface area contributed by atoms with E-state index in [-0.39, 0.29) is 11.8 Å². The first-order valence-corrected chi connectivity index (χ1v) is 12.2. The maximum Gasteiger partial charge on any atom is 0.246 e. The molecule has 5 rings (SSSR count). The van der Waals surface area contributed by atoms with E-state index in [0.717, 1.165) is 39.0 Å². The van der Waals surface area contributed by atoms with Crippen molar-refractivity contribution in [3.05, 3.63) is 96.1 Å². The van der Waals surface area contributed by atoms with Crippen LogP contribution in [0, 0.1) is 0 Å². The zero-order valence-corrected chi connectivity index (χ0v) is 20.3. The second kappa shape index (κ2) is 10.5. The van der Waals surface area contributed by atoms with Crippen LogP contribution in [0.5, 0.6) is 5.75 Å². The first kappa shape index (κ1) is 23.4.